The molecule has 0 heterocycles. The number of hydrogen-bond donors (Lipinski definition) is 2. The Hall–Kier alpha value is -1.88. The van der Waals surface area contributed by atoms with Crippen LogP contribution in [0.4, 0.5) is 30.2 Å². The van der Waals surface area contributed by atoms with Gasteiger partial charge >= 0.3 is 0 Å². The first-order chi connectivity index (χ1) is 8.47. The van der Waals surface area contributed by atoms with Gasteiger partial charge < -0.3 is 11.1 Å². The molecule has 0 radical (unpaired) electrons. The summed E-state index contributed by atoms with van der Waals surface area (Å²) in [5, 5.41) is 2.47. The summed E-state index contributed by atoms with van der Waals surface area (Å²) in [6.07, 6.45) is 0. The molecule has 2 rings (SSSR count). The third-order valence-corrected chi connectivity index (χ3v) is 2.58. The number of halogens is 4. The van der Waals surface area contributed by atoms with Crippen molar-refractivity contribution >= 4 is 28.7 Å². The van der Waals surface area contributed by atoms with Gasteiger partial charge in [0.2, 0.25) is 0 Å². The maximum absolute atomic E-state index is 13.4. The summed E-state index contributed by atoms with van der Waals surface area (Å²) in [7, 11) is 0. The molecule has 0 bridgehead atoms. The van der Waals surface area contributed by atoms with Crippen LogP contribution in [0.25, 0.3) is 0 Å². The molecular weight excluding hydrogens is 265 g/mol. The van der Waals surface area contributed by atoms with Crippen LogP contribution in [-0.2, 0) is 0 Å². The normalized spacial score (nSPS) is 10.4. The maximum Gasteiger partial charge on any atom is 0.149 e. The molecule has 0 aliphatic rings. The number of nitrogens with one attached hydrogen (secondary N) is 1. The minimum atomic E-state index is -0.783. The molecule has 2 aromatic rings. The summed E-state index contributed by atoms with van der Waals surface area (Å²) in [5.74, 6) is -2.14. The first kappa shape index (κ1) is 12.6. The van der Waals surface area contributed by atoms with Gasteiger partial charge in [0.25, 0.3) is 0 Å². The van der Waals surface area contributed by atoms with Gasteiger partial charge in [0.1, 0.15) is 17.5 Å². The van der Waals surface area contributed by atoms with Gasteiger partial charge in [0.15, 0.2) is 0 Å². The second kappa shape index (κ2) is 4.78. The van der Waals surface area contributed by atoms with Crippen molar-refractivity contribution in [2.45, 2.75) is 0 Å². The zero-order valence-electron chi connectivity index (χ0n) is 8.98. The monoisotopic (exact) mass is 272 g/mol. The van der Waals surface area contributed by atoms with Gasteiger partial charge in [-0.3, -0.25) is 0 Å². The molecule has 94 valence electrons. The van der Waals surface area contributed by atoms with Crippen molar-refractivity contribution in [2.75, 3.05) is 11.1 Å². The van der Waals surface area contributed by atoms with Gasteiger partial charge in [-0.25, -0.2) is 13.2 Å². The predicted octanol–water partition coefficient (Wildman–Crippen LogP) is 4.08. The fourth-order valence-electron chi connectivity index (χ4n) is 1.41. The van der Waals surface area contributed by atoms with E-state index >= 15 is 0 Å². The second-order valence-electron chi connectivity index (χ2n) is 3.60. The number of hydrogen-bond acceptors (Lipinski definition) is 2. The van der Waals surface area contributed by atoms with Crippen molar-refractivity contribution in [1.82, 2.24) is 0 Å². The molecule has 0 spiro atoms. The molecule has 6 heteroatoms. The standard InChI is InChI=1S/C12H8ClF3N2/c13-7-4-12(10(17)5-8(7)15)18-11-2-1-6(14)3-9(11)16/h1-5,18H,17H2. The molecule has 18 heavy (non-hydrogen) atoms. The van der Waals surface area contributed by atoms with Crippen molar-refractivity contribution in [1.29, 1.82) is 0 Å². The van der Waals surface area contributed by atoms with Crippen molar-refractivity contribution in [2.24, 2.45) is 0 Å². The maximum atomic E-state index is 13.4. The minimum absolute atomic E-state index is 0.0192. The van der Waals surface area contributed by atoms with E-state index in [4.69, 9.17) is 17.3 Å². The lowest BCUT2D eigenvalue weighted by atomic mass is 10.2. The topological polar surface area (TPSA) is 38.0 Å². The van der Waals surface area contributed by atoms with Crippen molar-refractivity contribution in [3.63, 3.8) is 0 Å². The lowest BCUT2D eigenvalue weighted by Crippen LogP contribution is -1.99. The molecular formula is C12H8ClF3N2. The van der Waals surface area contributed by atoms with Crippen molar-refractivity contribution < 1.29 is 13.2 Å². The Labute approximate surface area is 106 Å². The average Bonchev–Trinajstić information content (AvgIpc) is 2.29. The van der Waals surface area contributed by atoms with Crippen LogP contribution in [0.15, 0.2) is 30.3 Å². The number of nitrogen functional groups attached to an aromatic ring is 1. The lowest BCUT2D eigenvalue weighted by molar-refractivity contribution is 0.586. The van der Waals surface area contributed by atoms with Gasteiger partial charge in [-0.2, -0.15) is 0 Å². The SMILES string of the molecule is Nc1cc(F)c(Cl)cc1Nc1ccc(F)cc1F. The molecule has 3 N–H and O–H groups in total. The van der Waals surface area contributed by atoms with Crippen LogP contribution in [0.1, 0.15) is 0 Å². The van der Waals surface area contributed by atoms with Crippen LogP contribution in [-0.4, -0.2) is 0 Å². The number of rotatable bonds is 2. The summed E-state index contributed by atoms with van der Waals surface area (Å²) >= 11 is 5.59. The summed E-state index contributed by atoms with van der Waals surface area (Å²) < 4.78 is 39.2. The molecule has 0 amide bonds. The fraction of sp³-hybridized carbons (Fsp3) is 0. The number of benzene rings is 2. The highest BCUT2D eigenvalue weighted by molar-refractivity contribution is 6.31. The van der Waals surface area contributed by atoms with E-state index < -0.39 is 17.5 Å². The molecule has 2 nitrogen and oxygen atoms in total. The quantitative estimate of drug-likeness (QED) is 0.808. The van der Waals surface area contributed by atoms with Gasteiger partial charge in [-0.15, -0.1) is 0 Å². The fourth-order valence-corrected chi connectivity index (χ4v) is 1.57. The minimum Gasteiger partial charge on any atom is -0.397 e. The van der Waals surface area contributed by atoms with Crippen LogP contribution in [0.5, 0.6) is 0 Å². The first-order valence-electron chi connectivity index (χ1n) is 4.94. The summed E-state index contributed by atoms with van der Waals surface area (Å²) in [5.41, 5.74) is 5.89. The number of anilines is 3. The summed E-state index contributed by atoms with van der Waals surface area (Å²) in [4.78, 5) is 0. The third kappa shape index (κ3) is 2.51. The Morgan fingerprint density at radius 1 is 0.944 bits per heavy atom. The Balaban J connectivity index is 2.37. The second-order valence-corrected chi connectivity index (χ2v) is 4.01. The zero-order chi connectivity index (χ0) is 13.3. The average molecular weight is 273 g/mol. The van der Waals surface area contributed by atoms with E-state index in [1.807, 2.05) is 0 Å². The van der Waals surface area contributed by atoms with Gasteiger partial charge in [0, 0.05) is 12.1 Å². The van der Waals surface area contributed by atoms with Gasteiger partial charge in [-0.1, -0.05) is 11.6 Å². The van der Waals surface area contributed by atoms with Crippen LogP contribution < -0.4 is 11.1 Å². The number of nitrogens with two attached hydrogens (primary N) is 1. The van der Waals surface area contributed by atoms with E-state index in [0.29, 0.717) is 0 Å². The molecule has 0 aliphatic carbocycles. The molecule has 2 aromatic carbocycles. The van der Waals surface area contributed by atoms with Crippen molar-refractivity contribution in [3.8, 4) is 0 Å². The van der Waals surface area contributed by atoms with E-state index in [-0.39, 0.29) is 22.1 Å². The highest BCUT2D eigenvalue weighted by Gasteiger charge is 2.09. The Bertz CT molecular complexity index is 602. The Morgan fingerprint density at radius 2 is 1.67 bits per heavy atom. The van der Waals surface area contributed by atoms with E-state index in [0.717, 1.165) is 18.2 Å². The van der Waals surface area contributed by atoms with E-state index in [1.54, 1.807) is 0 Å². The van der Waals surface area contributed by atoms with Gasteiger partial charge in [0.05, 0.1) is 22.1 Å². The summed E-state index contributed by atoms with van der Waals surface area (Å²) in [6.45, 7) is 0. The third-order valence-electron chi connectivity index (χ3n) is 2.29. The van der Waals surface area contributed by atoms with E-state index in [1.165, 1.54) is 12.1 Å². The molecule has 0 atom stereocenters. The Kier molecular flexibility index (Phi) is 3.34. The first-order valence-corrected chi connectivity index (χ1v) is 5.32. The largest absolute Gasteiger partial charge is 0.397 e. The smallest absolute Gasteiger partial charge is 0.149 e. The van der Waals surface area contributed by atoms with Crippen LogP contribution in [0.2, 0.25) is 5.02 Å². The molecule has 0 saturated heterocycles. The molecule has 0 aromatic heterocycles. The Morgan fingerprint density at radius 3 is 2.33 bits per heavy atom. The predicted molar refractivity (Wildman–Crippen MR) is 65.5 cm³/mol. The molecule has 0 aliphatic heterocycles. The highest BCUT2D eigenvalue weighted by atomic mass is 35.5. The van der Waals surface area contributed by atoms with Crippen LogP contribution in [0, 0.1) is 17.5 Å². The lowest BCUT2D eigenvalue weighted by Gasteiger charge is -2.11. The molecule has 0 unspecified atom stereocenters. The van der Waals surface area contributed by atoms with Crippen molar-refractivity contribution in [3.05, 3.63) is 52.8 Å². The van der Waals surface area contributed by atoms with Gasteiger partial charge in [-0.05, 0) is 18.2 Å². The van der Waals surface area contributed by atoms with Crippen LogP contribution in [0.3, 0.4) is 0 Å². The molecule has 0 saturated carbocycles. The van der Waals surface area contributed by atoms with E-state index in [9.17, 15) is 13.2 Å². The van der Waals surface area contributed by atoms with E-state index in [2.05, 4.69) is 5.32 Å². The molecule has 0 fully saturated rings. The highest BCUT2D eigenvalue weighted by Crippen LogP contribution is 2.29. The summed E-state index contributed by atoms with van der Waals surface area (Å²) in [6, 6.07) is 5.28. The zero-order valence-corrected chi connectivity index (χ0v) is 9.73. The van der Waals surface area contributed by atoms with Crippen LogP contribution >= 0.6 is 11.6 Å².